The average Bonchev–Trinajstić information content (AvgIpc) is 3.29. The monoisotopic (exact) mass is 499 g/mol. The Morgan fingerprint density at radius 2 is 1.81 bits per heavy atom. The molecule has 2 heterocycles. The predicted octanol–water partition coefficient (Wildman–Crippen LogP) is 4.70. The maximum atomic E-state index is 13.6. The number of carbonyl (C=O) groups excluding carboxylic acids is 1. The predicted molar refractivity (Wildman–Crippen MR) is 143 cm³/mol. The molecule has 0 unspecified atom stereocenters. The second-order valence-electron chi connectivity index (χ2n) is 8.59. The number of ether oxygens (including phenoxy) is 1. The van der Waals surface area contributed by atoms with E-state index in [1.807, 2.05) is 79.8 Å². The molecule has 5 aromatic rings. The SMILES string of the molecule is COc1ccc(C)cc1-n1c(=O)c2ccccc2n2c(SCC(=O)Nc3ccc(C)c(C)c3)nnc12. The lowest BCUT2D eigenvalue weighted by atomic mass is 10.1. The summed E-state index contributed by atoms with van der Waals surface area (Å²) in [6.45, 7) is 5.99. The number of aromatic nitrogens is 4. The number of methoxy groups -OCH3 is 1. The highest BCUT2D eigenvalue weighted by atomic mass is 32.2. The molecule has 0 fully saturated rings. The van der Waals surface area contributed by atoms with Gasteiger partial charge in [0.2, 0.25) is 11.7 Å². The van der Waals surface area contributed by atoms with Gasteiger partial charge in [-0.25, -0.2) is 4.57 Å². The second kappa shape index (κ2) is 9.50. The minimum atomic E-state index is -0.224. The molecule has 0 atom stereocenters. The van der Waals surface area contributed by atoms with E-state index in [1.165, 1.54) is 21.9 Å². The van der Waals surface area contributed by atoms with Crippen molar-refractivity contribution < 1.29 is 9.53 Å². The number of para-hydroxylation sites is 1. The van der Waals surface area contributed by atoms with Crippen molar-refractivity contribution in [2.45, 2.75) is 25.9 Å². The number of thioether (sulfide) groups is 1. The van der Waals surface area contributed by atoms with E-state index < -0.39 is 0 Å². The first-order valence-corrected chi connectivity index (χ1v) is 12.4. The van der Waals surface area contributed by atoms with Gasteiger partial charge in [0.25, 0.3) is 5.56 Å². The first kappa shape index (κ1) is 23.6. The van der Waals surface area contributed by atoms with Gasteiger partial charge in [-0.05, 0) is 73.9 Å². The summed E-state index contributed by atoms with van der Waals surface area (Å²) in [5.74, 6) is 0.872. The first-order chi connectivity index (χ1) is 17.4. The van der Waals surface area contributed by atoms with E-state index in [2.05, 4.69) is 15.5 Å². The smallest absolute Gasteiger partial charge is 0.267 e. The number of nitrogens with zero attached hydrogens (tertiary/aromatic N) is 4. The fraction of sp³-hybridized carbons (Fsp3) is 0.185. The summed E-state index contributed by atoms with van der Waals surface area (Å²) >= 11 is 1.26. The number of aryl methyl sites for hydroxylation is 3. The van der Waals surface area contributed by atoms with E-state index in [-0.39, 0.29) is 17.2 Å². The van der Waals surface area contributed by atoms with Gasteiger partial charge in [0.05, 0.1) is 29.5 Å². The third kappa shape index (κ3) is 4.22. The molecule has 0 aliphatic rings. The molecule has 9 heteroatoms. The van der Waals surface area contributed by atoms with Crippen LogP contribution in [0.15, 0.2) is 70.6 Å². The molecule has 0 saturated heterocycles. The Morgan fingerprint density at radius 1 is 1.00 bits per heavy atom. The van der Waals surface area contributed by atoms with Crippen LogP contribution in [-0.2, 0) is 4.79 Å². The van der Waals surface area contributed by atoms with Crippen molar-refractivity contribution in [1.29, 1.82) is 0 Å². The zero-order valence-corrected chi connectivity index (χ0v) is 21.2. The molecule has 0 saturated carbocycles. The van der Waals surface area contributed by atoms with Crippen LogP contribution in [0.2, 0.25) is 0 Å². The summed E-state index contributed by atoms with van der Waals surface area (Å²) in [6, 6.07) is 18.8. The number of amides is 1. The van der Waals surface area contributed by atoms with Crippen LogP contribution in [0.3, 0.4) is 0 Å². The Labute approximate surface area is 211 Å². The number of benzene rings is 3. The van der Waals surface area contributed by atoms with E-state index in [0.29, 0.717) is 33.3 Å². The van der Waals surface area contributed by atoms with Crippen LogP contribution in [-0.4, -0.2) is 37.9 Å². The first-order valence-electron chi connectivity index (χ1n) is 11.4. The third-order valence-electron chi connectivity index (χ3n) is 6.09. The van der Waals surface area contributed by atoms with E-state index in [0.717, 1.165) is 16.8 Å². The average molecular weight is 500 g/mol. The number of hydrogen-bond acceptors (Lipinski definition) is 6. The van der Waals surface area contributed by atoms with Crippen LogP contribution in [0.4, 0.5) is 5.69 Å². The summed E-state index contributed by atoms with van der Waals surface area (Å²) < 4.78 is 8.88. The molecule has 182 valence electrons. The number of anilines is 1. The lowest BCUT2D eigenvalue weighted by molar-refractivity contribution is -0.113. The van der Waals surface area contributed by atoms with Gasteiger partial charge in [0.15, 0.2) is 5.16 Å². The highest BCUT2D eigenvalue weighted by Gasteiger charge is 2.20. The summed E-state index contributed by atoms with van der Waals surface area (Å²) in [4.78, 5) is 26.3. The van der Waals surface area contributed by atoms with Crippen molar-refractivity contribution in [3.8, 4) is 11.4 Å². The summed E-state index contributed by atoms with van der Waals surface area (Å²) in [6.07, 6.45) is 0. The highest BCUT2D eigenvalue weighted by molar-refractivity contribution is 7.99. The van der Waals surface area contributed by atoms with Crippen LogP contribution in [0.1, 0.15) is 16.7 Å². The van der Waals surface area contributed by atoms with Gasteiger partial charge in [-0.15, -0.1) is 10.2 Å². The maximum absolute atomic E-state index is 13.6. The van der Waals surface area contributed by atoms with Crippen molar-refractivity contribution in [3.63, 3.8) is 0 Å². The lowest BCUT2D eigenvalue weighted by Crippen LogP contribution is -2.22. The van der Waals surface area contributed by atoms with Crippen LogP contribution < -0.4 is 15.6 Å². The summed E-state index contributed by atoms with van der Waals surface area (Å²) in [5.41, 5.74) is 5.03. The number of hydrogen-bond donors (Lipinski definition) is 1. The molecule has 0 aliphatic heterocycles. The molecular formula is C27H25N5O3S. The molecule has 1 N–H and O–H groups in total. The van der Waals surface area contributed by atoms with E-state index in [1.54, 1.807) is 13.2 Å². The maximum Gasteiger partial charge on any atom is 0.267 e. The molecule has 1 amide bonds. The van der Waals surface area contributed by atoms with Crippen molar-refractivity contribution >= 4 is 40.0 Å². The Bertz CT molecular complexity index is 1690. The van der Waals surface area contributed by atoms with Crippen LogP contribution in [0.5, 0.6) is 5.75 Å². The standard InChI is InChI=1S/C27H25N5O3S/c1-16-9-12-23(35-4)22(13-16)31-25(34)20-7-5-6-8-21(20)32-26(31)29-30-27(32)36-15-24(33)28-19-11-10-17(2)18(3)14-19/h5-14H,15H2,1-4H3,(H,28,33). The molecule has 2 aromatic heterocycles. The molecular weight excluding hydrogens is 474 g/mol. The Morgan fingerprint density at radius 3 is 2.58 bits per heavy atom. The lowest BCUT2D eigenvalue weighted by Gasteiger charge is -2.14. The quantitative estimate of drug-likeness (QED) is 0.341. The van der Waals surface area contributed by atoms with Crippen molar-refractivity contribution in [2.24, 2.45) is 0 Å². The van der Waals surface area contributed by atoms with E-state index in [9.17, 15) is 9.59 Å². The topological polar surface area (TPSA) is 90.5 Å². The Balaban J connectivity index is 1.57. The van der Waals surface area contributed by atoms with E-state index in [4.69, 9.17) is 4.74 Å². The van der Waals surface area contributed by atoms with Gasteiger partial charge in [-0.1, -0.05) is 36.0 Å². The normalized spacial score (nSPS) is 11.2. The van der Waals surface area contributed by atoms with Gasteiger partial charge in [0.1, 0.15) is 5.75 Å². The molecule has 36 heavy (non-hydrogen) atoms. The van der Waals surface area contributed by atoms with E-state index >= 15 is 0 Å². The zero-order valence-electron chi connectivity index (χ0n) is 20.4. The Hall–Kier alpha value is -4.11. The summed E-state index contributed by atoms with van der Waals surface area (Å²) in [5, 5.41) is 12.7. The molecule has 5 rings (SSSR count). The molecule has 8 nitrogen and oxygen atoms in total. The second-order valence-corrected chi connectivity index (χ2v) is 9.53. The van der Waals surface area contributed by atoms with Gasteiger partial charge in [-0.2, -0.15) is 0 Å². The van der Waals surface area contributed by atoms with Crippen molar-refractivity contribution in [1.82, 2.24) is 19.2 Å². The molecule has 0 radical (unpaired) electrons. The van der Waals surface area contributed by atoms with Gasteiger partial charge < -0.3 is 10.1 Å². The minimum absolute atomic E-state index is 0.134. The Kier molecular flexibility index (Phi) is 6.24. The third-order valence-corrected chi connectivity index (χ3v) is 7.02. The molecule has 0 bridgehead atoms. The van der Waals surface area contributed by atoms with Crippen LogP contribution in [0, 0.1) is 20.8 Å². The fourth-order valence-electron chi connectivity index (χ4n) is 4.11. The molecule has 0 spiro atoms. The highest BCUT2D eigenvalue weighted by Crippen LogP contribution is 2.28. The zero-order chi connectivity index (χ0) is 25.4. The fourth-order valence-corrected chi connectivity index (χ4v) is 4.85. The van der Waals surface area contributed by atoms with Crippen molar-refractivity contribution in [3.05, 3.63) is 87.7 Å². The van der Waals surface area contributed by atoms with Gasteiger partial charge in [-0.3, -0.25) is 14.0 Å². The number of fused-ring (bicyclic) bond motifs is 3. The minimum Gasteiger partial charge on any atom is -0.495 e. The summed E-state index contributed by atoms with van der Waals surface area (Å²) in [7, 11) is 1.57. The number of nitrogens with one attached hydrogen (secondary N) is 1. The number of carbonyl (C=O) groups is 1. The molecule has 0 aliphatic carbocycles. The largest absolute Gasteiger partial charge is 0.495 e. The van der Waals surface area contributed by atoms with Gasteiger partial charge >= 0.3 is 0 Å². The number of rotatable bonds is 6. The van der Waals surface area contributed by atoms with Crippen molar-refractivity contribution in [2.75, 3.05) is 18.2 Å². The van der Waals surface area contributed by atoms with Gasteiger partial charge in [0, 0.05) is 5.69 Å². The van der Waals surface area contributed by atoms with Crippen LogP contribution >= 0.6 is 11.8 Å². The van der Waals surface area contributed by atoms with Crippen LogP contribution in [0.25, 0.3) is 22.4 Å². The molecule has 3 aromatic carbocycles.